The molecule has 2 unspecified atom stereocenters. The summed E-state index contributed by atoms with van der Waals surface area (Å²) < 4.78 is 12.1. The van der Waals surface area contributed by atoms with Gasteiger partial charge in [-0.25, -0.2) is 0 Å². The summed E-state index contributed by atoms with van der Waals surface area (Å²) in [4.78, 5) is 0. The molecule has 0 saturated heterocycles. The summed E-state index contributed by atoms with van der Waals surface area (Å²) in [7, 11) is 12.2. The molecule has 0 spiro atoms. The van der Waals surface area contributed by atoms with Crippen LogP contribution in [0.1, 0.15) is 0 Å². The average molecular weight is 294 g/mol. The maximum Gasteiger partial charge on any atom is 0.126 e. The third-order valence-corrected chi connectivity index (χ3v) is 2.51. The summed E-state index contributed by atoms with van der Waals surface area (Å²) in [6.07, 6.45) is -0.919. The summed E-state index contributed by atoms with van der Waals surface area (Å²) in [5.74, 6) is 0. The third kappa shape index (κ3) is 14.2. The van der Waals surface area contributed by atoms with Crippen molar-refractivity contribution in [1.29, 1.82) is 0 Å². The van der Waals surface area contributed by atoms with E-state index in [4.69, 9.17) is 9.47 Å². The van der Waals surface area contributed by atoms with Crippen molar-refractivity contribution in [2.24, 2.45) is 0 Å². The molecule has 0 radical (unpaired) electrons. The van der Waals surface area contributed by atoms with Gasteiger partial charge in [-0.15, -0.1) is 0 Å². The van der Waals surface area contributed by atoms with Gasteiger partial charge in [0.05, 0.1) is 68.7 Å². The first-order chi connectivity index (χ1) is 8.99. The number of nitrogens with zero attached hydrogens (tertiary/aromatic N) is 2. The van der Waals surface area contributed by atoms with Crippen molar-refractivity contribution in [3.05, 3.63) is 0 Å². The Morgan fingerprint density at radius 3 is 1.25 bits per heavy atom. The zero-order valence-corrected chi connectivity index (χ0v) is 14.0. The predicted octanol–water partition coefficient (Wildman–Crippen LogP) is -0.846. The van der Waals surface area contributed by atoms with Crippen LogP contribution in [0.15, 0.2) is 0 Å². The van der Waals surface area contributed by atoms with E-state index in [1.807, 2.05) is 42.3 Å². The SMILES string of the molecule is C[N+](C)(C)CC(O)COCCOCC(O)C[N+](C)(C)C. The van der Waals surface area contributed by atoms with E-state index in [-0.39, 0.29) is 0 Å². The minimum atomic E-state index is -0.459. The van der Waals surface area contributed by atoms with Gasteiger partial charge in [0.2, 0.25) is 0 Å². The number of hydrogen-bond acceptors (Lipinski definition) is 4. The fourth-order valence-electron chi connectivity index (χ4n) is 1.93. The Bertz CT molecular complexity index is 223. The summed E-state index contributed by atoms with van der Waals surface area (Å²) in [6.45, 7) is 2.82. The molecule has 2 atom stereocenters. The van der Waals surface area contributed by atoms with Crippen LogP contribution < -0.4 is 0 Å². The van der Waals surface area contributed by atoms with E-state index in [1.54, 1.807) is 0 Å². The Kier molecular flexibility index (Phi) is 8.81. The first-order valence-electron chi connectivity index (χ1n) is 7.12. The maximum absolute atomic E-state index is 9.73. The molecule has 0 aromatic rings. The predicted molar refractivity (Wildman–Crippen MR) is 79.5 cm³/mol. The molecule has 2 N–H and O–H groups in total. The molecule has 0 bridgehead atoms. The second-order valence-corrected chi connectivity index (χ2v) is 7.40. The van der Waals surface area contributed by atoms with Gasteiger partial charge in [0, 0.05) is 0 Å². The molecular formula is C14H34N2O4+2. The molecule has 6 heteroatoms. The Morgan fingerprint density at radius 2 is 1.00 bits per heavy atom. The van der Waals surface area contributed by atoms with Gasteiger partial charge in [-0.2, -0.15) is 0 Å². The minimum absolute atomic E-state index is 0.320. The van der Waals surface area contributed by atoms with Crippen molar-refractivity contribution in [2.45, 2.75) is 12.2 Å². The molecular weight excluding hydrogens is 260 g/mol. The molecule has 20 heavy (non-hydrogen) atoms. The van der Waals surface area contributed by atoms with Crippen LogP contribution in [0.2, 0.25) is 0 Å². The van der Waals surface area contributed by atoms with E-state index in [1.165, 1.54) is 0 Å². The number of rotatable bonds is 11. The number of likely N-dealkylation sites (N-methyl/N-ethyl adjacent to an activating group) is 2. The van der Waals surface area contributed by atoms with Crippen molar-refractivity contribution in [3.8, 4) is 0 Å². The van der Waals surface area contributed by atoms with Crippen molar-refractivity contribution in [2.75, 3.05) is 81.8 Å². The number of quaternary nitrogens is 2. The fraction of sp³-hybridized carbons (Fsp3) is 1.00. The van der Waals surface area contributed by atoms with Gasteiger partial charge in [0.25, 0.3) is 0 Å². The summed E-state index contributed by atoms with van der Waals surface area (Å²) >= 11 is 0. The largest absolute Gasteiger partial charge is 0.385 e. The lowest BCUT2D eigenvalue weighted by atomic mass is 10.3. The Balaban J connectivity index is 3.49. The molecule has 0 aliphatic carbocycles. The summed E-state index contributed by atoms with van der Waals surface area (Å²) in [6, 6.07) is 0. The molecule has 0 heterocycles. The highest BCUT2D eigenvalue weighted by Crippen LogP contribution is 1.97. The van der Waals surface area contributed by atoms with Crippen LogP contribution in [0.5, 0.6) is 0 Å². The molecule has 6 nitrogen and oxygen atoms in total. The van der Waals surface area contributed by atoms with Crippen LogP contribution in [0.25, 0.3) is 0 Å². The second kappa shape index (κ2) is 8.92. The van der Waals surface area contributed by atoms with Crippen molar-refractivity contribution < 1.29 is 28.7 Å². The third-order valence-electron chi connectivity index (χ3n) is 2.51. The Labute approximate surface area is 123 Å². The first-order valence-corrected chi connectivity index (χ1v) is 7.12. The fourth-order valence-corrected chi connectivity index (χ4v) is 1.93. The van der Waals surface area contributed by atoms with Crippen LogP contribution in [-0.2, 0) is 9.47 Å². The second-order valence-electron chi connectivity index (χ2n) is 7.40. The van der Waals surface area contributed by atoms with Crippen LogP contribution in [0.4, 0.5) is 0 Å². The topological polar surface area (TPSA) is 58.9 Å². The average Bonchev–Trinajstić information content (AvgIpc) is 2.17. The highest BCUT2D eigenvalue weighted by molar-refractivity contribution is 4.52. The van der Waals surface area contributed by atoms with Gasteiger partial charge in [-0.05, 0) is 0 Å². The van der Waals surface area contributed by atoms with Gasteiger partial charge in [0.15, 0.2) is 0 Å². The number of ether oxygens (including phenoxy) is 2. The molecule has 122 valence electrons. The van der Waals surface area contributed by atoms with Crippen LogP contribution in [0, 0.1) is 0 Å². The monoisotopic (exact) mass is 294 g/mol. The van der Waals surface area contributed by atoms with E-state index < -0.39 is 12.2 Å². The summed E-state index contributed by atoms with van der Waals surface area (Å²) in [5, 5.41) is 19.5. The molecule has 0 aliphatic rings. The van der Waals surface area contributed by atoms with Crippen molar-refractivity contribution in [3.63, 3.8) is 0 Å². The van der Waals surface area contributed by atoms with Gasteiger partial charge >= 0.3 is 0 Å². The normalized spacial score (nSPS) is 16.2. The Morgan fingerprint density at radius 1 is 0.700 bits per heavy atom. The standard InChI is InChI=1S/C14H34N2O4/c1-15(2,3)9-13(17)11-19-7-8-20-12-14(18)10-16(4,5)6/h13-14,17-18H,7-12H2,1-6H3/q+2. The Hall–Kier alpha value is -0.240. The number of aliphatic hydroxyl groups is 2. The van der Waals surface area contributed by atoms with Crippen LogP contribution in [-0.4, -0.2) is 113 Å². The molecule has 0 aromatic carbocycles. The lowest BCUT2D eigenvalue weighted by molar-refractivity contribution is -0.873. The van der Waals surface area contributed by atoms with E-state index in [9.17, 15) is 10.2 Å². The van der Waals surface area contributed by atoms with E-state index in [0.29, 0.717) is 48.5 Å². The quantitative estimate of drug-likeness (QED) is 0.385. The zero-order chi connectivity index (χ0) is 15.8. The molecule has 0 aliphatic heterocycles. The first kappa shape index (κ1) is 19.8. The van der Waals surface area contributed by atoms with E-state index >= 15 is 0 Å². The minimum Gasteiger partial charge on any atom is -0.385 e. The smallest absolute Gasteiger partial charge is 0.126 e. The van der Waals surface area contributed by atoms with Crippen LogP contribution in [0.3, 0.4) is 0 Å². The van der Waals surface area contributed by atoms with Crippen molar-refractivity contribution >= 4 is 0 Å². The molecule has 0 rings (SSSR count). The summed E-state index contributed by atoms with van der Waals surface area (Å²) in [5.41, 5.74) is 0. The number of aliphatic hydroxyl groups excluding tert-OH is 2. The highest BCUT2D eigenvalue weighted by atomic mass is 16.5. The number of hydrogen-bond donors (Lipinski definition) is 2. The molecule has 0 amide bonds. The van der Waals surface area contributed by atoms with Gasteiger partial charge < -0.3 is 28.7 Å². The maximum atomic E-state index is 9.73. The van der Waals surface area contributed by atoms with Gasteiger partial charge in [-0.3, -0.25) is 0 Å². The molecule has 0 fully saturated rings. The lowest BCUT2D eigenvalue weighted by Gasteiger charge is -2.27. The van der Waals surface area contributed by atoms with Crippen LogP contribution >= 0.6 is 0 Å². The molecule has 0 aromatic heterocycles. The highest BCUT2D eigenvalue weighted by Gasteiger charge is 2.16. The van der Waals surface area contributed by atoms with Gasteiger partial charge in [-0.1, -0.05) is 0 Å². The van der Waals surface area contributed by atoms with E-state index in [2.05, 4.69) is 0 Å². The van der Waals surface area contributed by atoms with Gasteiger partial charge in [0.1, 0.15) is 25.3 Å². The molecule has 0 saturated carbocycles. The van der Waals surface area contributed by atoms with Crippen molar-refractivity contribution in [1.82, 2.24) is 0 Å². The zero-order valence-electron chi connectivity index (χ0n) is 14.0. The lowest BCUT2D eigenvalue weighted by Crippen LogP contribution is -2.43. The van der Waals surface area contributed by atoms with E-state index in [0.717, 1.165) is 0 Å².